The molecule has 1 aromatic heterocycles. The minimum absolute atomic E-state index is 0.00567. The van der Waals surface area contributed by atoms with Gasteiger partial charge in [-0.1, -0.05) is 31.4 Å². The van der Waals surface area contributed by atoms with Crippen LogP contribution < -0.4 is 0 Å². The average molecular weight is 431 g/mol. The van der Waals surface area contributed by atoms with Gasteiger partial charge in [-0.3, -0.25) is 14.6 Å². The van der Waals surface area contributed by atoms with Crippen molar-refractivity contribution >= 4 is 11.8 Å². The molecule has 1 saturated heterocycles. The Bertz CT molecular complexity index is 925. The number of nitrogens with zero attached hydrogens (tertiary/aromatic N) is 3. The standard InChI is InChI=1S/C23H24F3N3O2/c24-23(25,26)18-8-6-16(7-9-18)14-29-20(30)15-28(19-4-2-1-3-5-19)22(31)21(29)17-10-12-27-13-11-17/h6-13,19,21H,1-5,14-15H2. The van der Waals surface area contributed by atoms with Gasteiger partial charge in [0.15, 0.2) is 0 Å². The van der Waals surface area contributed by atoms with Crippen LogP contribution in [-0.2, 0) is 22.3 Å². The third kappa shape index (κ3) is 4.57. The molecule has 0 bridgehead atoms. The van der Waals surface area contributed by atoms with Crippen LogP contribution in [0, 0.1) is 0 Å². The zero-order valence-electron chi connectivity index (χ0n) is 17.0. The predicted octanol–water partition coefficient (Wildman–Crippen LogP) is 4.35. The molecule has 8 heteroatoms. The van der Waals surface area contributed by atoms with E-state index >= 15 is 0 Å². The molecule has 2 amide bonds. The summed E-state index contributed by atoms with van der Waals surface area (Å²) in [5, 5.41) is 0. The second-order valence-electron chi connectivity index (χ2n) is 8.16. The van der Waals surface area contributed by atoms with Crippen LogP contribution in [0.25, 0.3) is 0 Å². The van der Waals surface area contributed by atoms with Crippen molar-refractivity contribution in [2.45, 2.75) is 56.9 Å². The second-order valence-corrected chi connectivity index (χ2v) is 8.16. The quantitative estimate of drug-likeness (QED) is 0.724. The highest BCUT2D eigenvalue weighted by Gasteiger charge is 2.43. The molecule has 1 saturated carbocycles. The molecule has 1 aliphatic heterocycles. The van der Waals surface area contributed by atoms with Gasteiger partial charge in [0.1, 0.15) is 12.6 Å². The van der Waals surface area contributed by atoms with E-state index in [1.54, 1.807) is 29.4 Å². The van der Waals surface area contributed by atoms with Crippen molar-refractivity contribution in [1.82, 2.24) is 14.8 Å². The summed E-state index contributed by atoms with van der Waals surface area (Å²) in [7, 11) is 0. The Morgan fingerprint density at radius 1 is 0.935 bits per heavy atom. The van der Waals surface area contributed by atoms with Gasteiger partial charge in [-0.25, -0.2) is 0 Å². The fourth-order valence-corrected chi connectivity index (χ4v) is 4.49. The Kier molecular flexibility index (Phi) is 5.98. The molecule has 2 fully saturated rings. The predicted molar refractivity (Wildman–Crippen MR) is 108 cm³/mol. The second kappa shape index (κ2) is 8.69. The van der Waals surface area contributed by atoms with E-state index < -0.39 is 17.8 Å². The number of benzene rings is 1. The Morgan fingerprint density at radius 3 is 2.19 bits per heavy atom. The van der Waals surface area contributed by atoms with Crippen LogP contribution in [-0.4, -0.2) is 39.2 Å². The van der Waals surface area contributed by atoms with Crippen molar-refractivity contribution < 1.29 is 22.8 Å². The number of carbonyl (C=O) groups excluding carboxylic acids is 2. The first-order valence-corrected chi connectivity index (χ1v) is 10.5. The summed E-state index contributed by atoms with van der Waals surface area (Å²) in [5.41, 5.74) is 0.451. The lowest BCUT2D eigenvalue weighted by Crippen LogP contribution is -2.58. The molecule has 1 aliphatic carbocycles. The topological polar surface area (TPSA) is 53.5 Å². The highest BCUT2D eigenvalue weighted by Crippen LogP contribution is 2.34. The summed E-state index contributed by atoms with van der Waals surface area (Å²) < 4.78 is 38.6. The zero-order chi connectivity index (χ0) is 22.0. The van der Waals surface area contributed by atoms with Crippen LogP contribution in [0.3, 0.4) is 0 Å². The van der Waals surface area contributed by atoms with E-state index in [0.717, 1.165) is 44.2 Å². The van der Waals surface area contributed by atoms with Crippen molar-refractivity contribution in [1.29, 1.82) is 0 Å². The van der Waals surface area contributed by atoms with E-state index in [0.29, 0.717) is 11.1 Å². The van der Waals surface area contributed by atoms with Crippen LogP contribution >= 0.6 is 0 Å². The third-order valence-corrected chi connectivity index (χ3v) is 6.13. The first-order valence-electron chi connectivity index (χ1n) is 10.5. The largest absolute Gasteiger partial charge is 0.416 e. The Labute approximate surface area is 178 Å². The molecule has 5 nitrogen and oxygen atoms in total. The molecule has 2 aromatic rings. The number of amides is 2. The molecule has 2 aliphatic rings. The van der Waals surface area contributed by atoms with Gasteiger partial charge in [-0.2, -0.15) is 13.2 Å². The molecule has 164 valence electrons. The molecule has 1 atom stereocenters. The number of carbonyl (C=O) groups is 2. The number of hydrogen-bond acceptors (Lipinski definition) is 3. The van der Waals surface area contributed by atoms with Crippen LogP contribution in [0.4, 0.5) is 13.2 Å². The summed E-state index contributed by atoms with van der Waals surface area (Å²) in [6.07, 6.45) is 3.72. The third-order valence-electron chi connectivity index (χ3n) is 6.13. The number of halogens is 3. The Balaban J connectivity index is 1.62. The number of pyridine rings is 1. The lowest BCUT2D eigenvalue weighted by molar-refractivity contribution is -0.160. The number of hydrogen-bond donors (Lipinski definition) is 0. The maximum Gasteiger partial charge on any atom is 0.416 e. The average Bonchev–Trinajstić information content (AvgIpc) is 2.77. The van der Waals surface area contributed by atoms with Crippen LogP contribution in [0.15, 0.2) is 48.8 Å². The van der Waals surface area contributed by atoms with Gasteiger partial charge in [0.25, 0.3) is 5.91 Å². The monoisotopic (exact) mass is 431 g/mol. The number of piperazine rings is 1. The minimum atomic E-state index is -4.42. The first-order chi connectivity index (χ1) is 14.8. The SMILES string of the molecule is O=C1C(c2ccncc2)N(Cc2ccc(C(F)(F)F)cc2)C(=O)CN1C1CCCCC1. The van der Waals surface area contributed by atoms with Gasteiger partial charge in [0.05, 0.1) is 5.56 Å². The Hall–Kier alpha value is -2.90. The first kappa shape index (κ1) is 21.3. The number of aromatic nitrogens is 1. The van der Waals surface area contributed by atoms with Crippen molar-refractivity contribution in [3.63, 3.8) is 0 Å². The summed E-state index contributed by atoms with van der Waals surface area (Å²) in [5.74, 6) is -0.337. The van der Waals surface area contributed by atoms with E-state index in [1.807, 2.05) is 0 Å². The van der Waals surface area contributed by atoms with Crippen molar-refractivity contribution in [2.75, 3.05) is 6.54 Å². The van der Waals surface area contributed by atoms with E-state index in [2.05, 4.69) is 4.98 Å². The fraction of sp³-hybridized carbons (Fsp3) is 0.435. The van der Waals surface area contributed by atoms with Gasteiger partial charge >= 0.3 is 6.18 Å². The van der Waals surface area contributed by atoms with E-state index in [1.165, 1.54) is 17.0 Å². The molecule has 4 rings (SSSR count). The van der Waals surface area contributed by atoms with E-state index in [9.17, 15) is 22.8 Å². The van der Waals surface area contributed by atoms with Crippen molar-refractivity contribution in [3.05, 3.63) is 65.5 Å². The molecular formula is C23H24F3N3O2. The molecule has 0 spiro atoms. The van der Waals surface area contributed by atoms with E-state index in [-0.39, 0.29) is 30.9 Å². The van der Waals surface area contributed by atoms with Gasteiger partial charge in [-0.05, 0) is 48.2 Å². The summed E-state index contributed by atoms with van der Waals surface area (Å²) in [4.78, 5) is 33.8. The van der Waals surface area contributed by atoms with Gasteiger partial charge in [0, 0.05) is 25.0 Å². The van der Waals surface area contributed by atoms with E-state index in [4.69, 9.17) is 0 Å². The molecule has 0 N–H and O–H groups in total. The maximum atomic E-state index is 13.5. The molecule has 0 radical (unpaired) electrons. The molecule has 31 heavy (non-hydrogen) atoms. The van der Waals surface area contributed by atoms with Crippen molar-refractivity contribution in [3.8, 4) is 0 Å². The lowest BCUT2D eigenvalue weighted by atomic mass is 9.91. The summed E-state index contributed by atoms with van der Waals surface area (Å²) in [6, 6.07) is 7.38. The summed E-state index contributed by atoms with van der Waals surface area (Å²) in [6.45, 7) is 0.0694. The molecule has 1 aromatic carbocycles. The minimum Gasteiger partial charge on any atom is -0.328 e. The maximum absolute atomic E-state index is 13.5. The molecule has 2 heterocycles. The highest BCUT2D eigenvalue weighted by molar-refractivity contribution is 5.95. The van der Waals surface area contributed by atoms with Crippen LogP contribution in [0.5, 0.6) is 0 Å². The van der Waals surface area contributed by atoms with Crippen LogP contribution in [0.1, 0.15) is 54.8 Å². The van der Waals surface area contributed by atoms with Crippen LogP contribution in [0.2, 0.25) is 0 Å². The smallest absolute Gasteiger partial charge is 0.328 e. The molecule has 1 unspecified atom stereocenters. The summed E-state index contributed by atoms with van der Waals surface area (Å²) >= 11 is 0. The van der Waals surface area contributed by atoms with Gasteiger partial charge in [0.2, 0.25) is 5.91 Å². The van der Waals surface area contributed by atoms with Crippen molar-refractivity contribution in [2.24, 2.45) is 0 Å². The zero-order valence-corrected chi connectivity index (χ0v) is 17.0. The Morgan fingerprint density at radius 2 is 1.58 bits per heavy atom. The normalized spacial score (nSPS) is 20.9. The number of alkyl halides is 3. The number of rotatable bonds is 4. The van der Waals surface area contributed by atoms with Gasteiger partial charge < -0.3 is 9.80 Å². The highest BCUT2D eigenvalue weighted by atomic mass is 19.4. The fourth-order valence-electron chi connectivity index (χ4n) is 4.49. The van der Waals surface area contributed by atoms with Gasteiger partial charge in [-0.15, -0.1) is 0 Å². The molecular weight excluding hydrogens is 407 g/mol. The lowest BCUT2D eigenvalue weighted by Gasteiger charge is -2.44.